The van der Waals surface area contributed by atoms with E-state index in [1.165, 1.54) is 27.3 Å². The van der Waals surface area contributed by atoms with Crippen molar-refractivity contribution in [2.45, 2.75) is 18.9 Å². The molecule has 7 nitrogen and oxygen atoms in total. The van der Waals surface area contributed by atoms with Gasteiger partial charge >= 0.3 is 5.97 Å². The molecule has 136 valence electrons. The van der Waals surface area contributed by atoms with Gasteiger partial charge in [-0.1, -0.05) is 12.1 Å². The van der Waals surface area contributed by atoms with Crippen molar-refractivity contribution in [1.82, 2.24) is 4.98 Å². The zero-order valence-electron chi connectivity index (χ0n) is 14.7. The van der Waals surface area contributed by atoms with Crippen molar-refractivity contribution in [1.29, 1.82) is 0 Å². The number of hydrogen-bond acceptors (Lipinski definition) is 7. The summed E-state index contributed by atoms with van der Waals surface area (Å²) in [5.41, 5.74) is 0.788. The fourth-order valence-electron chi connectivity index (χ4n) is 2.49. The summed E-state index contributed by atoms with van der Waals surface area (Å²) in [6.45, 7) is 1.18. The van der Waals surface area contributed by atoms with Crippen LogP contribution in [0.15, 0.2) is 42.6 Å². The molecule has 0 radical (unpaired) electrons. The lowest BCUT2D eigenvalue weighted by Gasteiger charge is -2.22. The molecule has 2 atom stereocenters. The summed E-state index contributed by atoms with van der Waals surface area (Å²) in [4.78, 5) is 39.9. The number of methoxy groups -OCH3 is 2. The number of nitrogens with zero attached hydrogens (tertiary/aromatic N) is 1. The van der Waals surface area contributed by atoms with Gasteiger partial charge in [-0.25, -0.2) is 4.98 Å². The predicted octanol–water partition coefficient (Wildman–Crippen LogP) is 2.20. The normalized spacial score (nSPS) is 12.6. The number of esters is 1. The van der Waals surface area contributed by atoms with Crippen molar-refractivity contribution in [3.63, 3.8) is 0 Å². The molecule has 2 rings (SSSR count). The second-order valence-corrected chi connectivity index (χ2v) is 5.41. The van der Waals surface area contributed by atoms with Gasteiger partial charge in [-0.3, -0.25) is 14.4 Å². The molecule has 0 bridgehead atoms. The summed E-state index contributed by atoms with van der Waals surface area (Å²) in [5, 5.41) is 0. The van der Waals surface area contributed by atoms with E-state index in [1.54, 1.807) is 36.4 Å². The first kappa shape index (κ1) is 19.1. The summed E-state index contributed by atoms with van der Waals surface area (Å²) in [6, 6.07) is 9.71. The molecule has 1 aromatic heterocycles. The average molecular weight is 357 g/mol. The molecule has 0 N–H and O–H groups in total. The van der Waals surface area contributed by atoms with Gasteiger partial charge in [-0.15, -0.1) is 0 Å². The molecule has 26 heavy (non-hydrogen) atoms. The largest absolute Gasteiger partial charge is 0.497 e. The second kappa shape index (κ2) is 8.75. The van der Waals surface area contributed by atoms with Gasteiger partial charge in [0.05, 0.1) is 20.1 Å². The molecule has 0 spiro atoms. The lowest BCUT2D eigenvalue weighted by Crippen LogP contribution is -2.31. The summed E-state index contributed by atoms with van der Waals surface area (Å²) < 4.78 is 15.1. The van der Waals surface area contributed by atoms with Gasteiger partial charge in [-0.05, 0) is 23.8 Å². The highest BCUT2D eigenvalue weighted by Gasteiger charge is 2.33. The summed E-state index contributed by atoms with van der Waals surface area (Å²) >= 11 is 0. The number of ketones is 1. The molecule has 2 aromatic rings. The Morgan fingerprint density at radius 2 is 1.73 bits per heavy atom. The van der Waals surface area contributed by atoms with Crippen LogP contribution >= 0.6 is 0 Å². The summed E-state index contributed by atoms with van der Waals surface area (Å²) in [5.74, 6) is -1.10. The maximum Gasteiger partial charge on any atom is 0.303 e. The van der Waals surface area contributed by atoms with Crippen LogP contribution in [0.5, 0.6) is 11.6 Å². The first-order chi connectivity index (χ1) is 12.5. The van der Waals surface area contributed by atoms with E-state index in [0.717, 1.165) is 0 Å². The van der Waals surface area contributed by atoms with E-state index in [-0.39, 0.29) is 5.56 Å². The molecule has 2 unspecified atom stereocenters. The van der Waals surface area contributed by atoms with E-state index in [0.29, 0.717) is 23.5 Å². The monoisotopic (exact) mass is 357 g/mol. The van der Waals surface area contributed by atoms with Gasteiger partial charge in [0.2, 0.25) is 5.88 Å². The molecular formula is C19H19NO6. The van der Waals surface area contributed by atoms with E-state index in [2.05, 4.69) is 4.98 Å². The van der Waals surface area contributed by atoms with Gasteiger partial charge in [0, 0.05) is 24.8 Å². The molecule has 0 aliphatic heterocycles. The van der Waals surface area contributed by atoms with E-state index in [1.807, 2.05) is 0 Å². The van der Waals surface area contributed by atoms with Gasteiger partial charge in [0.25, 0.3) is 0 Å². The fraction of sp³-hybridized carbons (Fsp3) is 0.263. The number of aldehydes is 1. The molecule has 0 saturated carbocycles. The van der Waals surface area contributed by atoms with E-state index < -0.39 is 23.8 Å². The van der Waals surface area contributed by atoms with Crippen LogP contribution in [0.4, 0.5) is 0 Å². The second-order valence-electron chi connectivity index (χ2n) is 5.41. The van der Waals surface area contributed by atoms with Crippen LogP contribution in [0.2, 0.25) is 0 Å². The number of hydrogen-bond donors (Lipinski definition) is 0. The summed E-state index contributed by atoms with van der Waals surface area (Å²) in [6.07, 6.45) is 0.550. The molecular weight excluding hydrogens is 338 g/mol. The van der Waals surface area contributed by atoms with E-state index in [9.17, 15) is 14.4 Å². The molecule has 7 heteroatoms. The highest BCUT2D eigenvalue weighted by Crippen LogP contribution is 2.28. The summed E-state index contributed by atoms with van der Waals surface area (Å²) in [7, 11) is 2.99. The van der Waals surface area contributed by atoms with Gasteiger partial charge in [0.15, 0.2) is 18.2 Å². The van der Waals surface area contributed by atoms with E-state index >= 15 is 0 Å². The smallest absolute Gasteiger partial charge is 0.303 e. The Morgan fingerprint density at radius 3 is 2.19 bits per heavy atom. The SMILES string of the molecule is COc1ccc(C(C(=O)c2ccc(OC)nc2)C(C=O)OC(C)=O)cc1. The fourth-order valence-corrected chi connectivity index (χ4v) is 2.49. The molecule has 0 aliphatic rings. The number of aromatic nitrogens is 1. The minimum atomic E-state index is -1.25. The van der Waals surface area contributed by atoms with Crippen molar-refractivity contribution < 1.29 is 28.6 Å². The third-order valence-electron chi connectivity index (χ3n) is 3.75. The number of Topliss-reactive ketones (excluding diaryl/α,β-unsaturated/α-hetero) is 1. The third kappa shape index (κ3) is 4.44. The Kier molecular flexibility index (Phi) is 6.43. The van der Waals surface area contributed by atoms with Crippen LogP contribution < -0.4 is 9.47 Å². The quantitative estimate of drug-likeness (QED) is 0.406. The van der Waals surface area contributed by atoms with Crippen LogP contribution in [0.3, 0.4) is 0 Å². The Morgan fingerprint density at radius 1 is 1.04 bits per heavy atom. The molecule has 1 heterocycles. The average Bonchev–Trinajstić information content (AvgIpc) is 2.67. The molecule has 0 saturated heterocycles. The zero-order valence-corrected chi connectivity index (χ0v) is 14.7. The highest BCUT2D eigenvalue weighted by atomic mass is 16.5. The number of rotatable bonds is 8. The highest BCUT2D eigenvalue weighted by molar-refractivity contribution is 6.03. The number of ether oxygens (including phenoxy) is 3. The maximum atomic E-state index is 13.0. The van der Waals surface area contributed by atoms with Gasteiger partial charge in [-0.2, -0.15) is 0 Å². The zero-order chi connectivity index (χ0) is 19.1. The lowest BCUT2D eigenvalue weighted by atomic mass is 9.87. The molecule has 0 amide bonds. The molecule has 0 fully saturated rings. The van der Waals surface area contributed by atoms with Crippen LogP contribution in [0.25, 0.3) is 0 Å². The number of pyridine rings is 1. The Balaban J connectivity index is 2.44. The van der Waals surface area contributed by atoms with Crippen molar-refractivity contribution in [3.05, 3.63) is 53.7 Å². The third-order valence-corrected chi connectivity index (χ3v) is 3.75. The van der Waals surface area contributed by atoms with Crippen LogP contribution in [-0.4, -0.2) is 43.3 Å². The number of benzene rings is 1. The van der Waals surface area contributed by atoms with E-state index in [4.69, 9.17) is 14.2 Å². The molecule has 1 aromatic carbocycles. The van der Waals surface area contributed by atoms with Gasteiger partial charge in [0.1, 0.15) is 5.75 Å². The van der Waals surface area contributed by atoms with Crippen molar-refractivity contribution >= 4 is 18.0 Å². The standard InChI is InChI=1S/C19H19NO6/c1-12(22)26-16(11-21)18(13-4-7-15(24-2)8-5-13)19(23)14-6-9-17(25-3)20-10-14/h4-11,16,18H,1-3H3. The minimum absolute atomic E-state index is 0.269. The Hall–Kier alpha value is -3.22. The number of carbonyl (C=O) groups is 3. The van der Waals surface area contributed by atoms with Crippen LogP contribution in [-0.2, 0) is 14.3 Å². The van der Waals surface area contributed by atoms with Crippen LogP contribution in [0.1, 0.15) is 28.8 Å². The minimum Gasteiger partial charge on any atom is -0.497 e. The van der Waals surface area contributed by atoms with Crippen LogP contribution in [0, 0.1) is 0 Å². The first-order valence-corrected chi connectivity index (χ1v) is 7.81. The topological polar surface area (TPSA) is 91.8 Å². The van der Waals surface area contributed by atoms with Crippen molar-refractivity contribution in [2.24, 2.45) is 0 Å². The van der Waals surface area contributed by atoms with Gasteiger partial charge < -0.3 is 14.2 Å². The Labute approximate surface area is 150 Å². The Bertz CT molecular complexity index is 770. The lowest BCUT2D eigenvalue weighted by molar-refractivity contribution is -0.149. The molecule has 0 aliphatic carbocycles. The predicted molar refractivity (Wildman–Crippen MR) is 92.5 cm³/mol. The maximum absolute atomic E-state index is 13.0. The first-order valence-electron chi connectivity index (χ1n) is 7.81. The van der Waals surface area contributed by atoms with Crippen molar-refractivity contribution in [2.75, 3.05) is 14.2 Å². The van der Waals surface area contributed by atoms with Crippen molar-refractivity contribution in [3.8, 4) is 11.6 Å². The number of carbonyl (C=O) groups excluding carboxylic acids is 3.